The highest BCUT2D eigenvalue weighted by atomic mass is 79.9. The second kappa shape index (κ2) is 7.77. The predicted molar refractivity (Wildman–Crippen MR) is 94.3 cm³/mol. The Kier molecular flexibility index (Phi) is 6.60. The Balaban J connectivity index is 2.44. The van der Waals surface area contributed by atoms with Crippen LogP contribution in [0.15, 0.2) is 18.2 Å². The molecule has 2 N–H and O–H groups in total. The monoisotopic (exact) mass is 368 g/mol. The fourth-order valence-electron chi connectivity index (χ4n) is 1.87. The molecule has 0 saturated heterocycles. The first kappa shape index (κ1) is 18.7. The number of carbonyl (C=O) groups is 2. The topological polar surface area (TPSA) is 58.2 Å². The van der Waals surface area contributed by atoms with E-state index in [4.69, 9.17) is 0 Å². The molecule has 0 aliphatic carbocycles. The van der Waals surface area contributed by atoms with Gasteiger partial charge in [0.2, 0.25) is 11.8 Å². The van der Waals surface area contributed by atoms with Gasteiger partial charge in [0.1, 0.15) is 0 Å². The SMILES string of the molecule is Cc1ccc(C)c(NC(=O)CCNC(=O)[C@H](Br)C(C)(C)C)c1. The molecule has 0 radical (unpaired) electrons. The molecule has 0 aromatic heterocycles. The number of anilines is 1. The minimum Gasteiger partial charge on any atom is -0.355 e. The van der Waals surface area contributed by atoms with Crippen LogP contribution in [0, 0.1) is 19.3 Å². The van der Waals surface area contributed by atoms with Crippen molar-refractivity contribution in [3.63, 3.8) is 0 Å². The lowest BCUT2D eigenvalue weighted by molar-refractivity contribution is -0.122. The normalized spacial score (nSPS) is 12.6. The molecule has 1 rings (SSSR count). The third-order valence-corrected chi connectivity index (χ3v) is 5.10. The van der Waals surface area contributed by atoms with E-state index in [0.29, 0.717) is 6.54 Å². The lowest BCUT2D eigenvalue weighted by Gasteiger charge is -2.24. The lowest BCUT2D eigenvalue weighted by Crippen LogP contribution is -2.39. The van der Waals surface area contributed by atoms with Crippen LogP contribution in [0.5, 0.6) is 0 Å². The summed E-state index contributed by atoms with van der Waals surface area (Å²) < 4.78 is 0. The molecular formula is C17H25BrN2O2. The van der Waals surface area contributed by atoms with Crippen molar-refractivity contribution in [2.24, 2.45) is 5.41 Å². The van der Waals surface area contributed by atoms with Crippen molar-refractivity contribution in [3.05, 3.63) is 29.3 Å². The van der Waals surface area contributed by atoms with Crippen molar-refractivity contribution in [3.8, 4) is 0 Å². The molecule has 0 saturated carbocycles. The number of rotatable bonds is 5. The fraction of sp³-hybridized carbons (Fsp3) is 0.529. The van der Waals surface area contributed by atoms with Gasteiger partial charge in [-0.3, -0.25) is 9.59 Å². The Morgan fingerprint density at radius 2 is 1.86 bits per heavy atom. The molecule has 0 unspecified atom stereocenters. The maximum Gasteiger partial charge on any atom is 0.234 e. The maximum absolute atomic E-state index is 12.0. The largest absolute Gasteiger partial charge is 0.355 e. The Labute approximate surface area is 141 Å². The summed E-state index contributed by atoms with van der Waals surface area (Å²) in [5.74, 6) is -0.192. The van der Waals surface area contributed by atoms with E-state index >= 15 is 0 Å². The summed E-state index contributed by atoms with van der Waals surface area (Å²) in [6, 6.07) is 5.93. The minimum atomic E-state index is -0.276. The molecule has 22 heavy (non-hydrogen) atoms. The van der Waals surface area contributed by atoms with Crippen LogP contribution in [0.25, 0.3) is 0 Å². The first-order chi connectivity index (χ1) is 10.1. The Morgan fingerprint density at radius 1 is 1.23 bits per heavy atom. The summed E-state index contributed by atoms with van der Waals surface area (Å²) in [5.41, 5.74) is 2.78. The van der Waals surface area contributed by atoms with Crippen molar-refractivity contribution in [2.45, 2.75) is 45.9 Å². The molecule has 0 spiro atoms. The van der Waals surface area contributed by atoms with Gasteiger partial charge in [0.15, 0.2) is 0 Å². The highest BCUT2D eigenvalue weighted by Crippen LogP contribution is 2.25. The molecule has 0 heterocycles. The van der Waals surface area contributed by atoms with Crippen LogP contribution < -0.4 is 10.6 Å². The summed E-state index contributed by atoms with van der Waals surface area (Å²) in [7, 11) is 0. The molecule has 0 aliphatic heterocycles. The number of amides is 2. The summed E-state index contributed by atoms with van der Waals surface area (Å²) in [4.78, 5) is 23.6. The van der Waals surface area contributed by atoms with E-state index in [0.717, 1.165) is 16.8 Å². The Morgan fingerprint density at radius 3 is 2.45 bits per heavy atom. The van der Waals surface area contributed by atoms with Crippen molar-refractivity contribution in [2.75, 3.05) is 11.9 Å². The number of halogens is 1. The van der Waals surface area contributed by atoms with Crippen molar-refractivity contribution >= 4 is 33.4 Å². The Bertz CT molecular complexity index is 550. The number of hydrogen-bond acceptors (Lipinski definition) is 2. The van der Waals surface area contributed by atoms with E-state index in [2.05, 4.69) is 26.6 Å². The number of aryl methyl sites for hydroxylation is 2. The molecule has 1 aromatic rings. The smallest absolute Gasteiger partial charge is 0.234 e. The second-order valence-electron chi connectivity index (χ2n) is 6.64. The summed E-state index contributed by atoms with van der Waals surface area (Å²) in [6.07, 6.45) is 0.253. The highest BCUT2D eigenvalue weighted by Gasteiger charge is 2.28. The summed E-state index contributed by atoms with van der Waals surface area (Å²) in [6.45, 7) is 10.2. The zero-order chi connectivity index (χ0) is 16.9. The number of carbonyl (C=O) groups excluding carboxylic acids is 2. The number of hydrogen-bond donors (Lipinski definition) is 2. The van der Waals surface area contributed by atoms with Crippen LogP contribution in [0.4, 0.5) is 5.69 Å². The highest BCUT2D eigenvalue weighted by molar-refractivity contribution is 9.10. The van der Waals surface area contributed by atoms with E-state index in [1.165, 1.54) is 0 Å². The van der Waals surface area contributed by atoms with Crippen LogP contribution in [0.1, 0.15) is 38.3 Å². The molecule has 4 nitrogen and oxygen atoms in total. The summed E-state index contributed by atoms with van der Waals surface area (Å²) in [5, 5.41) is 5.67. The van der Waals surface area contributed by atoms with E-state index in [1.54, 1.807) is 0 Å². The van der Waals surface area contributed by atoms with E-state index in [9.17, 15) is 9.59 Å². The minimum absolute atomic E-state index is 0.0907. The molecule has 0 bridgehead atoms. The molecule has 1 atom stereocenters. The van der Waals surface area contributed by atoms with Gasteiger partial charge in [-0.2, -0.15) is 0 Å². The molecule has 1 aromatic carbocycles. The Hall–Kier alpha value is -1.36. The van der Waals surface area contributed by atoms with Gasteiger partial charge in [0, 0.05) is 18.7 Å². The molecule has 122 valence electrons. The standard InChI is InChI=1S/C17H25BrN2O2/c1-11-6-7-12(2)13(10-11)20-14(21)8-9-19-16(22)15(18)17(3,4)5/h6-7,10,15H,8-9H2,1-5H3,(H,19,22)(H,20,21)/t15-/m0/s1. The quantitative estimate of drug-likeness (QED) is 0.780. The van der Waals surface area contributed by atoms with Gasteiger partial charge in [-0.25, -0.2) is 0 Å². The van der Waals surface area contributed by atoms with Gasteiger partial charge in [0.05, 0.1) is 4.83 Å². The molecule has 0 aliphatic rings. The van der Waals surface area contributed by atoms with E-state index in [1.807, 2.05) is 52.8 Å². The van der Waals surface area contributed by atoms with Gasteiger partial charge in [-0.15, -0.1) is 0 Å². The van der Waals surface area contributed by atoms with Gasteiger partial charge in [-0.05, 0) is 36.5 Å². The average Bonchev–Trinajstić information content (AvgIpc) is 2.40. The fourth-order valence-corrected chi connectivity index (χ4v) is 2.03. The van der Waals surface area contributed by atoms with Gasteiger partial charge in [0.25, 0.3) is 0 Å². The third kappa shape index (κ3) is 5.79. The first-order valence-electron chi connectivity index (χ1n) is 7.40. The molecule has 5 heteroatoms. The average molecular weight is 369 g/mol. The molecule has 2 amide bonds. The van der Waals surface area contributed by atoms with Crippen LogP contribution in [0.3, 0.4) is 0 Å². The van der Waals surface area contributed by atoms with Crippen molar-refractivity contribution in [1.29, 1.82) is 0 Å². The van der Waals surface area contributed by atoms with Crippen LogP contribution in [-0.4, -0.2) is 23.2 Å². The first-order valence-corrected chi connectivity index (χ1v) is 8.31. The van der Waals surface area contributed by atoms with E-state index < -0.39 is 0 Å². The molecular weight excluding hydrogens is 344 g/mol. The van der Waals surface area contributed by atoms with Gasteiger partial charge >= 0.3 is 0 Å². The van der Waals surface area contributed by atoms with E-state index in [-0.39, 0.29) is 28.5 Å². The maximum atomic E-state index is 12.0. The number of benzene rings is 1. The van der Waals surface area contributed by atoms with Crippen LogP contribution in [0.2, 0.25) is 0 Å². The number of nitrogens with one attached hydrogen (secondary N) is 2. The lowest BCUT2D eigenvalue weighted by atomic mass is 9.92. The predicted octanol–water partition coefficient (Wildman–Crippen LogP) is 3.56. The van der Waals surface area contributed by atoms with Crippen LogP contribution in [-0.2, 0) is 9.59 Å². The van der Waals surface area contributed by atoms with Crippen molar-refractivity contribution < 1.29 is 9.59 Å². The third-order valence-electron chi connectivity index (χ3n) is 3.31. The second-order valence-corrected chi connectivity index (χ2v) is 7.55. The van der Waals surface area contributed by atoms with Crippen molar-refractivity contribution in [1.82, 2.24) is 5.32 Å². The summed E-state index contributed by atoms with van der Waals surface area (Å²) >= 11 is 3.39. The number of alkyl halides is 1. The zero-order valence-electron chi connectivity index (χ0n) is 13.9. The van der Waals surface area contributed by atoms with Gasteiger partial charge in [-0.1, -0.05) is 48.8 Å². The zero-order valence-corrected chi connectivity index (χ0v) is 15.5. The van der Waals surface area contributed by atoms with Gasteiger partial charge < -0.3 is 10.6 Å². The van der Waals surface area contributed by atoms with Crippen LogP contribution >= 0.6 is 15.9 Å². The molecule has 0 fully saturated rings.